The molecule has 3 aromatic rings. The van der Waals surface area contributed by atoms with Gasteiger partial charge in [0.25, 0.3) is 5.91 Å². The van der Waals surface area contributed by atoms with Gasteiger partial charge in [-0.2, -0.15) is 5.10 Å². The van der Waals surface area contributed by atoms with Gasteiger partial charge in [-0.15, -0.1) is 0 Å². The van der Waals surface area contributed by atoms with Crippen molar-refractivity contribution >= 4 is 5.91 Å². The predicted molar refractivity (Wildman–Crippen MR) is 115 cm³/mol. The van der Waals surface area contributed by atoms with Crippen LogP contribution < -0.4 is 10.1 Å². The third-order valence-electron chi connectivity index (χ3n) is 5.10. The fraction of sp³-hybridized carbons (Fsp3) is 0.375. The van der Waals surface area contributed by atoms with Crippen molar-refractivity contribution in [3.63, 3.8) is 0 Å². The molecule has 0 saturated heterocycles. The zero-order valence-corrected chi connectivity index (χ0v) is 17.8. The highest BCUT2D eigenvalue weighted by Crippen LogP contribution is 2.40. The Labute approximate surface area is 177 Å². The number of ether oxygens (including phenoxy) is 1. The van der Waals surface area contributed by atoms with Crippen LogP contribution in [0, 0.1) is 0 Å². The molecule has 156 valence electrons. The third-order valence-corrected chi connectivity index (χ3v) is 5.10. The van der Waals surface area contributed by atoms with Crippen molar-refractivity contribution in [2.24, 2.45) is 0 Å². The van der Waals surface area contributed by atoms with Crippen LogP contribution in [0.25, 0.3) is 0 Å². The van der Waals surface area contributed by atoms with Crippen molar-refractivity contribution in [1.29, 1.82) is 0 Å². The Morgan fingerprint density at radius 3 is 2.57 bits per heavy atom. The molecule has 0 spiro atoms. The van der Waals surface area contributed by atoms with E-state index in [-0.39, 0.29) is 11.4 Å². The van der Waals surface area contributed by atoms with Crippen LogP contribution in [0.1, 0.15) is 66.8 Å². The summed E-state index contributed by atoms with van der Waals surface area (Å²) in [5, 5.41) is 7.74. The fourth-order valence-electron chi connectivity index (χ4n) is 3.28. The second-order valence-corrected chi connectivity index (χ2v) is 8.79. The highest BCUT2D eigenvalue weighted by atomic mass is 16.5. The van der Waals surface area contributed by atoms with E-state index in [0.717, 1.165) is 35.4 Å². The van der Waals surface area contributed by atoms with E-state index in [1.54, 1.807) is 12.4 Å². The van der Waals surface area contributed by atoms with Crippen LogP contribution in [0.2, 0.25) is 0 Å². The molecule has 0 radical (unpaired) electrons. The molecule has 30 heavy (non-hydrogen) atoms. The summed E-state index contributed by atoms with van der Waals surface area (Å²) in [6, 6.07) is 13.6. The topological polar surface area (TPSA) is 69.0 Å². The summed E-state index contributed by atoms with van der Waals surface area (Å²) in [6.07, 6.45) is 5.86. The minimum atomic E-state index is -0.243. The van der Waals surface area contributed by atoms with Crippen LogP contribution in [0.5, 0.6) is 5.75 Å². The van der Waals surface area contributed by atoms with Crippen molar-refractivity contribution in [3.05, 3.63) is 77.4 Å². The molecule has 1 amide bonds. The Morgan fingerprint density at radius 2 is 1.93 bits per heavy atom. The SMILES string of the molecule is CC(C)(C)n1nc(C2CC2)cc1C(=O)NCc1ccc(OCc2cccnc2)cc1. The molecule has 0 unspecified atom stereocenters. The second-order valence-electron chi connectivity index (χ2n) is 8.79. The van der Waals surface area contributed by atoms with Gasteiger partial charge in [0.05, 0.1) is 11.2 Å². The Kier molecular flexibility index (Phi) is 5.57. The van der Waals surface area contributed by atoms with Crippen molar-refractivity contribution in [2.45, 2.75) is 58.2 Å². The van der Waals surface area contributed by atoms with E-state index in [1.165, 1.54) is 0 Å². The number of nitrogens with one attached hydrogen (secondary N) is 1. The molecule has 1 fully saturated rings. The van der Waals surface area contributed by atoms with E-state index in [1.807, 2.05) is 47.1 Å². The molecule has 1 aliphatic rings. The Bertz CT molecular complexity index is 1000. The Morgan fingerprint density at radius 1 is 1.17 bits per heavy atom. The molecule has 0 atom stereocenters. The van der Waals surface area contributed by atoms with Gasteiger partial charge in [0.1, 0.15) is 18.1 Å². The first kappa shape index (κ1) is 20.1. The van der Waals surface area contributed by atoms with Crippen LogP contribution in [-0.4, -0.2) is 20.7 Å². The Balaban J connectivity index is 1.36. The van der Waals surface area contributed by atoms with E-state index in [4.69, 9.17) is 9.84 Å². The number of hydrogen-bond donors (Lipinski definition) is 1. The average molecular weight is 405 g/mol. The predicted octanol–water partition coefficient (Wildman–Crippen LogP) is 4.42. The van der Waals surface area contributed by atoms with Crippen LogP contribution in [-0.2, 0) is 18.7 Å². The lowest BCUT2D eigenvalue weighted by Crippen LogP contribution is -2.32. The van der Waals surface area contributed by atoms with Gasteiger partial charge < -0.3 is 10.1 Å². The molecule has 0 aliphatic heterocycles. The molecular formula is C24H28N4O2. The summed E-state index contributed by atoms with van der Waals surface area (Å²) in [5.41, 5.74) is 3.45. The lowest BCUT2D eigenvalue weighted by molar-refractivity contribution is 0.0932. The number of carbonyl (C=O) groups is 1. The molecule has 0 bridgehead atoms. The van der Waals surface area contributed by atoms with Gasteiger partial charge in [0, 0.05) is 30.4 Å². The first-order chi connectivity index (χ1) is 14.4. The number of rotatable bonds is 7. The minimum Gasteiger partial charge on any atom is -0.489 e. The van der Waals surface area contributed by atoms with Gasteiger partial charge in [-0.3, -0.25) is 14.5 Å². The molecule has 6 nitrogen and oxygen atoms in total. The molecule has 2 heterocycles. The summed E-state index contributed by atoms with van der Waals surface area (Å²) in [6.45, 7) is 7.13. The first-order valence-corrected chi connectivity index (χ1v) is 10.4. The van der Waals surface area contributed by atoms with Crippen molar-refractivity contribution < 1.29 is 9.53 Å². The summed E-state index contributed by atoms with van der Waals surface area (Å²) in [4.78, 5) is 17.0. The minimum absolute atomic E-state index is 0.0961. The smallest absolute Gasteiger partial charge is 0.269 e. The Hall–Kier alpha value is -3.15. The summed E-state index contributed by atoms with van der Waals surface area (Å²) in [5.74, 6) is 1.20. The number of aromatic nitrogens is 3. The van der Waals surface area contributed by atoms with Gasteiger partial charge in [0.15, 0.2) is 0 Å². The van der Waals surface area contributed by atoms with Crippen molar-refractivity contribution in [2.75, 3.05) is 0 Å². The average Bonchev–Trinajstić information content (AvgIpc) is 3.49. The number of amides is 1. The number of hydrogen-bond acceptors (Lipinski definition) is 4. The monoisotopic (exact) mass is 404 g/mol. The van der Waals surface area contributed by atoms with Crippen LogP contribution in [0.4, 0.5) is 0 Å². The lowest BCUT2D eigenvalue weighted by atomic mass is 10.1. The highest BCUT2D eigenvalue weighted by Gasteiger charge is 2.31. The number of nitrogens with zero attached hydrogens (tertiary/aromatic N) is 3. The highest BCUT2D eigenvalue weighted by molar-refractivity contribution is 5.92. The van der Waals surface area contributed by atoms with Gasteiger partial charge in [-0.1, -0.05) is 18.2 Å². The van der Waals surface area contributed by atoms with E-state index < -0.39 is 0 Å². The maximum atomic E-state index is 12.9. The quantitative estimate of drug-likeness (QED) is 0.633. The molecule has 4 rings (SSSR count). The van der Waals surface area contributed by atoms with Gasteiger partial charge in [-0.05, 0) is 63.4 Å². The fourth-order valence-corrected chi connectivity index (χ4v) is 3.28. The largest absolute Gasteiger partial charge is 0.489 e. The van der Waals surface area contributed by atoms with E-state index in [9.17, 15) is 4.79 Å². The summed E-state index contributed by atoms with van der Waals surface area (Å²) in [7, 11) is 0. The summed E-state index contributed by atoms with van der Waals surface area (Å²) < 4.78 is 7.64. The number of pyridine rings is 1. The van der Waals surface area contributed by atoms with Crippen LogP contribution in [0.15, 0.2) is 54.9 Å². The number of carbonyl (C=O) groups excluding carboxylic acids is 1. The van der Waals surface area contributed by atoms with Crippen molar-refractivity contribution in [3.8, 4) is 5.75 Å². The van der Waals surface area contributed by atoms with Gasteiger partial charge in [-0.25, -0.2) is 0 Å². The maximum Gasteiger partial charge on any atom is 0.269 e. The maximum absolute atomic E-state index is 12.9. The standard InChI is InChI=1S/C24H28N4O2/c1-24(2,3)28-22(13-21(27-28)19-8-9-19)23(29)26-15-17-6-10-20(11-7-17)30-16-18-5-4-12-25-14-18/h4-7,10-14,19H,8-9,15-16H2,1-3H3,(H,26,29). The van der Waals surface area contributed by atoms with Gasteiger partial charge >= 0.3 is 0 Å². The lowest BCUT2D eigenvalue weighted by Gasteiger charge is -2.22. The molecule has 1 N–H and O–H groups in total. The molecule has 1 aliphatic carbocycles. The van der Waals surface area contributed by atoms with Gasteiger partial charge in [0.2, 0.25) is 0 Å². The molecule has 2 aromatic heterocycles. The second kappa shape index (κ2) is 8.30. The summed E-state index contributed by atoms with van der Waals surface area (Å²) >= 11 is 0. The van der Waals surface area contributed by atoms with Crippen molar-refractivity contribution in [1.82, 2.24) is 20.1 Å². The zero-order valence-electron chi connectivity index (χ0n) is 17.8. The molecule has 6 heteroatoms. The molecule has 1 saturated carbocycles. The van der Waals surface area contributed by atoms with E-state index in [2.05, 4.69) is 31.1 Å². The number of benzene rings is 1. The van der Waals surface area contributed by atoms with E-state index >= 15 is 0 Å². The van der Waals surface area contributed by atoms with Crippen LogP contribution >= 0.6 is 0 Å². The normalized spacial score (nSPS) is 13.8. The molecule has 1 aromatic carbocycles. The molecular weight excluding hydrogens is 376 g/mol. The van der Waals surface area contributed by atoms with Crippen LogP contribution in [0.3, 0.4) is 0 Å². The van der Waals surface area contributed by atoms with E-state index in [0.29, 0.717) is 24.8 Å². The zero-order chi connectivity index (χ0) is 21.1. The third kappa shape index (κ3) is 4.87. The first-order valence-electron chi connectivity index (χ1n) is 10.4.